The van der Waals surface area contributed by atoms with E-state index in [2.05, 4.69) is 6.07 Å². The molecule has 1 atom stereocenters. The normalized spacial score (nSPS) is 21.5. The summed E-state index contributed by atoms with van der Waals surface area (Å²) >= 11 is 5.89. The van der Waals surface area contributed by atoms with Crippen molar-refractivity contribution >= 4 is 11.6 Å². The van der Waals surface area contributed by atoms with E-state index in [1.54, 1.807) is 0 Å². The second-order valence-corrected chi connectivity index (χ2v) is 6.62. The Kier molecular flexibility index (Phi) is 4.73. The first-order chi connectivity index (χ1) is 9.49. The van der Waals surface area contributed by atoms with E-state index in [9.17, 15) is 10.4 Å². The molecule has 0 aliphatic heterocycles. The van der Waals surface area contributed by atoms with Gasteiger partial charge in [0.25, 0.3) is 0 Å². The van der Waals surface area contributed by atoms with Gasteiger partial charge < -0.3 is 5.11 Å². The fourth-order valence-corrected chi connectivity index (χ4v) is 3.40. The zero-order chi connectivity index (χ0) is 14.6. The van der Waals surface area contributed by atoms with Gasteiger partial charge in [-0.3, -0.25) is 0 Å². The molecule has 0 spiro atoms. The van der Waals surface area contributed by atoms with Crippen LogP contribution >= 0.6 is 11.6 Å². The van der Waals surface area contributed by atoms with Crippen LogP contribution in [-0.4, -0.2) is 10.7 Å². The highest BCUT2D eigenvalue weighted by molar-refractivity contribution is 6.30. The Labute approximate surface area is 126 Å². The summed E-state index contributed by atoms with van der Waals surface area (Å²) in [6.07, 6.45) is 6.49. The summed E-state index contributed by atoms with van der Waals surface area (Å²) in [7, 11) is 0. The zero-order valence-electron chi connectivity index (χ0n) is 12.0. The largest absolute Gasteiger partial charge is 0.388 e. The van der Waals surface area contributed by atoms with Crippen molar-refractivity contribution in [3.05, 3.63) is 34.9 Å². The number of hydrogen-bond donors (Lipinski definition) is 1. The van der Waals surface area contributed by atoms with Crippen LogP contribution in [0.15, 0.2) is 24.3 Å². The Bertz CT molecular complexity index is 479. The van der Waals surface area contributed by atoms with Gasteiger partial charge in [-0.1, -0.05) is 49.4 Å². The van der Waals surface area contributed by atoms with Crippen LogP contribution < -0.4 is 0 Å². The number of nitrogens with zero attached hydrogens (tertiary/aromatic N) is 1. The molecule has 1 unspecified atom stereocenters. The van der Waals surface area contributed by atoms with Gasteiger partial charge in [0.15, 0.2) is 0 Å². The first kappa shape index (κ1) is 15.4. The number of benzene rings is 1. The Hall–Kier alpha value is -1.04. The number of aliphatic hydroxyl groups is 1. The van der Waals surface area contributed by atoms with E-state index in [1.807, 2.05) is 31.2 Å². The molecular weight excluding hydrogens is 270 g/mol. The van der Waals surface area contributed by atoms with Gasteiger partial charge in [0.05, 0.1) is 17.1 Å². The molecule has 1 aliphatic carbocycles. The summed E-state index contributed by atoms with van der Waals surface area (Å²) in [6.45, 7) is 1.82. The van der Waals surface area contributed by atoms with Gasteiger partial charge in [0, 0.05) is 11.4 Å². The predicted octanol–water partition coefficient (Wildman–Crippen LogP) is 4.50. The fraction of sp³-hybridized carbons (Fsp3) is 0.588. The maximum Gasteiger partial charge on any atom is 0.0860 e. The van der Waals surface area contributed by atoms with Crippen molar-refractivity contribution in [1.29, 1.82) is 5.26 Å². The van der Waals surface area contributed by atoms with E-state index in [-0.39, 0.29) is 0 Å². The third-order valence-corrected chi connectivity index (χ3v) is 4.92. The summed E-state index contributed by atoms with van der Waals surface area (Å²) in [5, 5.41) is 21.4. The number of hydrogen-bond acceptors (Lipinski definition) is 2. The molecule has 1 aliphatic rings. The molecule has 0 amide bonds. The number of nitriles is 1. The van der Waals surface area contributed by atoms with Crippen molar-refractivity contribution in [3.63, 3.8) is 0 Å². The van der Waals surface area contributed by atoms with Crippen molar-refractivity contribution in [2.45, 2.75) is 57.5 Å². The van der Waals surface area contributed by atoms with E-state index in [1.165, 1.54) is 12.8 Å². The fourth-order valence-electron chi connectivity index (χ4n) is 3.27. The average molecular weight is 292 g/mol. The first-order valence-corrected chi connectivity index (χ1v) is 7.75. The van der Waals surface area contributed by atoms with Crippen LogP contribution in [0.3, 0.4) is 0 Å². The molecule has 0 aromatic heterocycles. The van der Waals surface area contributed by atoms with Gasteiger partial charge in [0.1, 0.15) is 0 Å². The van der Waals surface area contributed by atoms with Crippen LogP contribution in [0.4, 0.5) is 0 Å². The minimum atomic E-state index is -1.00. The highest BCUT2D eigenvalue weighted by Crippen LogP contribution is 2.44. The average Bonchev–Trinajstić information content (AvgIpc) is 2.68. The van der Waals surface area contributed by atoms with Crippen LogP contribution in [0.5, 0.6) is 0 Å². The zero-order valence-corrected chi connectivity index (χ0v) is 12.8. The maximum absolute atomic E-state index is 11.0. The Morgan fingerprint density at radius 1 is 1.20 bits per heavy atom. The number of rotatable bonds is 3. The molecule has 1 N–H and O–H groups in total. The van der Waals surface area contributed by atoms with Crippen molar-refractivity contribution in [1.82, 2.24) is 0 Å². The third-order valence-electron chi connectivity index (χ3n) is 4.66. The summed E-state index contributed by atoms with van der Waals surface area (Å²) < 4.78 is 0. The lowest BCUT2D eigenvalue weighted by molar-refractivity contribution is -0.0469. The summed E-state index contributed by atoms with van der Waals surface area (Å²) in [5.74, 6) is 0. The van der Waals surface area contributed by atoms with E-state index >= 15 is 0 Å². The molecule has 3 heteroatoms. The molecular formula is C17H22ClNO. The van der Waals surface area contributed by atoms with Crippen LogP contribution in [0, 0.1) is 16.7 Å². The van der Waals surface area contributed by atoms with Crippen molar-refractivity contribution in [2.24, 2.45) is 5.41 Å². The van der Waals surface area contributed by atoms with Gasteiger partial charge in [-0.2, -0.15) is 5.26 Å². The van der Waals surface area contributed by atoms with Crippen LogP contribution in [0.25, 0.3) is 0 Å². The third kappa shape index (κ3) is 3.16. The molecule has 2 rings (SSSR count). The van der Waals surface area contributed by atoms with Crippen molar-refractivity contribution in [3.8, 4) is 6.07 Å². The maximum atomic E-state index is 11.0. The Balaban J connectivity index is 2.22. The molecule has 0 heterocycles. The van der Waals surface area contributed by atoms with E-state index in [4.69, 9.17) is 11.6 Å². The highest BCUT2D eigenvalue weighted by Gasteiger charge is 2.47. The quantitative estimate of drug-likeness (QED) is 0.833. The molecule has 0 radical (unpaired) electrons. The van der Waals surface area contributed by atoms with Gasteiger partial charge >= 0.3 is 0 Å². The lowest BCUT2D eigenvalue weighted by Gasteiger charge is -2.40. The van der Waals surface area contributed by atoms with E-state index in [0.717, 1.165) is 31.2 Å². The van der Waals surface area contributed by atoms with E-state index in [0.29, 0.717) is 11.4 Å². The molecule has 1 saturated carbocycles. The van der Waals surface area contributed by atoms with Gasteiger partial charge in [0.2, 0.25) is 0 Å². The molecule has 1 aromatic rings. The molecule has 0 bridgehead atoms. The first-order valence-electron chi connectivity index (χ1n) is 7.37. The summed E-state index contributed by atoms with van der Waals surface area (Å²) in [5.41, 5.74) is -0.596. The van der Waals surface area contributed by atoms with E-state index < -0.39 is 11.0 Å². The summed E-state index contributed by atoms with van der Waals surface area (Å²) in [4.78, 5) is 0. The second kappa shape index (κ2) is 6.16. The second-order valence-electron chi connectivity index (χ2n) is 6.19. The SMILES string of the molecule is CC(O)(Cc1ccc(Cl)cc1)C1(C#N)CCCCCC1. The van der Waals surface area contributed by atoms with Gasteiger partial charge in [-0.05, 0) is 37.5 Å². The van der Waals surface area contributed by atoms with Crippen LogP contribution in [0.1, 0.15) is 51.0 Å². The molecule has 1 fully saturated rings. The highest BCUT2D eigenvalue weighted by atomic mass is 35.5. The molecule has 20 heavy (non-hydrogen) atoms. The minimum Gasteiger partial charge on any atom is -0.388 e. The lowest BCUT2D eigenvalue weighted by Crippen LogP contribution is -2.46. The lowest BCUT2D eigenvalue weighted by atomic mass is 9.66. The monoisotopic (exact) mass is 291 g/mol. The molecule has 1 aromatic carbocycles. The van der Waals surface area contributed by atoms with Crippen LogP contribution in [0.2, 0.25) is 5.02 Å². The summed E-state index contributed by atoms with van der Waals surface area (Å²) in [6, 6.07) is 9.98. The predicted molar refractivity (Wildman–Crippen MR) is 81.5 cm³/mol. The minimum absolute atomic E-state index is 0.498. The van der Waals surface area contributed by atoms with Gasteiger partial charge in [-0.25, -0.2) is 0 Å². The molecule has 108 valence electrons. The molecule has 0 saturated heterocycles. The molecule has 2 nitrogen and oxygen atoms in total. The smallest absolute Gasteiger partial charge is 0.0860 e. The number of halogens is 1. The Morgan fingerprint density at radius 3 is 2.25 bits per heavy atom. The standard InChI is InChI=1S/C17H22ClNO/c1-16(20,12-14-6-8-15(18)9-7-14)17(13-19)10-4-2-3-5-11-17/h6-9,20H,2-5,10-12H2,1H3. The van der Waals surface area contributed by atoms with Crippen LogP contribution in [-0.2, 0) is 6.42 Å². The van der Waals surface area contributed by atoms with Crippen molar-refractivity contribution in [2.75, 3.05) is 0 Å². The van der Waals surface area contributed by atoms with Crippen molar-refractivity contribution < 1.29 is 5.11 Å². The van der Waals surface area contributed by atoms with Gasteiger partial charge in [-0.15, -0.1) is 0 Å². The Morgan fingerprint density at radius 2 is 1.75 bits per heavy atom. The topological polar surface area (TPSA) is 44.0 Å².